The minimum Gasteiger partial charge on any atom is -0.493 e. The van der Waals surface area contributed by atoms with Crippen LogP contribution >= 0.6 is 0 Å². The number of carbonyl (C=O) groups excluding carboxylic acids is 1. The number of methoxy groups -OCH3 is 1. The SMILES string of the molecule is CCOc1ccc(NC(=NC)NCCNC(=O)c2ccc(C)c(F)c2)cc1OC. The summed E-state index contributed by atoms with van der Waals surface area (Å²) in [5, 5.41) is 8.99. The quantitative estimate of drug-likeness (QED) is 0.359. The largest absolute Gasteiger partial charge is 0.493 e. The first kappa shape index (κ1) is 22.0. The molecular formula is C21H27FN4O3. The van der Waals surface area contributed by atoms with Crippen LogP contribution in [0.15, 0.2) is 41.4 Å². The van der Waals surface area contributed by atoms with Crippen LogP contribution in [0.25, 0.3) is 0 Å². The molecule has 156 valence electrons. The summed E-state index contributed by atoms with van der Waals surface area (Å²) in [6.07, 6.45) is 0. The molecule has 8 heteroatoms. The van der Waals surface area contributed by atoms with Crippen molar-refractivity contribution in [1.29, 1.82) is 0 Å². The molecule has 1 amide bonds. The minimum atomic E-state index is -0.397. The summed E-state index contributed by atoms with van der Waals surface area (Å²) in [7, 11) is 3.23. The van der Waals surface area contributed by atoms with Gasteiger partial charge in [-0.2, -0.15) is 0 Å². The van der Waals surface area contributed by atoms with E-state index in [4.69, 9.17) is 9.47 Å². The van der Waals surface area contributed by atoms with Crippen LogP contribution in [0.2, 0.25) is 0 Å². The minimum absolute atomic E-state index is 0.289. The van der Waals surface area contributed by atoms with Crippen LogP contribution in [-0.4, -0.2) is 45.7 Å². The Morgan fingerprint density at radius 1 is 1.10 bits per heavy atom. The van der Waals surface area contributed by atoms with Gasteiger partial charge in [0.2, 0.25) is 0 Å². The Bertz CT molecular complexity index is 871. The number of benzene rings is 2. The smallest absolute Gasteiger partial charge is 0.251 e. The third-order valence-corrected chi connectivity index (χ3v) is 4.09. The van der Waals surface area contributed by atoms with Crippen LogP contribution < -0.4 is 25.4 Å². The van der Waals surface area contributed by atoms with Crippen molar-refractivity contribution in [3.63, 3.8) is 0 Å². The fraction of sp³-hybridized carbons (Fsp3) is 0.333. The maximum absolute atomic E-state index is 13.6. The van der Waals surface area contributed by atoms with Crippen molar-refractivity contribution in [3.05, 3.63) is 53.3 Å². The lowest BCUT2D eigenvalue weighted by molar-refractivity contribution is 0.0954. The Morgan fingerprint density at radius 3 is 2.52 bits per heavy atom. The number of nitrogens with zero attached hydrogens (tertiary/aromatic N) is 1. The predicted molar refractivity (Wildman–Crippen MR) is 113 cm³/mol. The Morgan fingerprint density at radius 2 is 1.86 bits per heavy atom. The van der Waals surface area contributed by atoms with Gasteiger partial charge in [-0.1, -0.05) is 6.07 Å². The van der Waals surface area contributed by atoms with Crippen molar-refractivity contribution in [3.8, 4) is 11.5 Å². The summed E-state index contributed by atoms with van der Waals surface area (Å²) in [6.45, 7) is 4.90. The van der Waals surface area contributed by atoms with E-state index in [0.717, 1.165) is 5.69 Å². The molecule has 2 aromatic carbocycles. The molecule has 3 N–H and O–H groups in total. The van der Waals surface area contributed by atoms with E-state index < -0.39 is 5.82 Å². The molecule has 0 aromatic heterocycles. The molecule has 0 aliphatic heterocycles. The first-order chi connectivity index (χ1) is 14.0. The number of aryl methyl sites for hydroxylation is 1. The second-order valence-electron chi connectivity index (χ2n) is 6.14. The van der Waals surface area contributed by atoms with Crippen molar-refractivity contribution in [2.45, 2.75) is 13.8 Å². The van der Waals surface area contributed by atoms with Gasteiger partial charge < -0.3 is 25.4 Å². The number of guanidine groups is 1. The first-order valence-corrected chi connectivity index (χ1v) is 9.31. The zero-order valence-corrected chi connectivity index (χ0v) is 17.1. The van der Waals surface area contributed by atoms with E-state index in [2.05, 4.69) is 20.9 Å². The number of aliphatic imine (C=N–C) groups is 1. The summed E-state index contributed by atoms with van der Waals surface area (Å²) < 4.78 is 24.4. The van der Waals surface area contributed by atoms with Crippen LogP contribution in [0.3, 0.4) is 0 Å². The summed E-state index contributed by atoms with van der Waals surface area (Å²) in [5.74, 6) is 1.09. The van der Waals surface area contributed by atoms with E-state index in [1.807, 2.05) is 25.1 Å². The Hall–Kier alpha value is -3.29. The topological polar surface area (TPSA) is 84.0 Å². The Labute approximate surface area is 170 Å². The van der Waals surface area contributed by atoms with Gasteiger partial charge in [0, 0.05) is 37.5 Å². The highest BCUT2D eigenvalue weighted by molar-refractivity contribution is 5.95. The Kier molecular flexibility index (Phi) is 8.27. The van der Waals surface area contributed by atoms with E-state index in [1.165, 1.54) is 6.07 Å². The molecule has 0 aliphatic carbocycles. The lowest BCUT2D eigenvalue weighted by atomic mass is 10.1. The summed E-state index contributed by atoms with van der Waals surface area (Å²) in [4.78, 5) is 16.2. The molecule has 0 bridgehead atoms. The van der Waals surface area contributed by atoms with Crippen LogP contribution in [-0.2, 0) is 0 Å². The third-order valence-electron chi connectivity index (χ3n) is 4.09. The predicted octanol–water partition coefficient (Wildman–Crippen LogP) is 2.96. The molecule has 0 unspecified atom stereocenters. The molecule has 0 saturated heterocycles. The van der Waals surface area contributed by atoms with Crippen molar-refractivity contribution in [2.24, 2.45) is 4.99 Å². The monoisotopic (exact) mass is 402 g/mol. The molecule has 0 saturated carbocycles. The maximum Gasteiger partial charge on any atom is 0.251 e. The van der Waals surface area contributed by atoms with Crippen LogP contribution in [0.4, 0.5) is 10.1 Å². The van der Waals surface area contributed by atoms with Gasteiger partial charge >= 0.3 is 0 Å². The van der Waals surface area contributed by atoms with Gasteiger partial charge in [-0.15, -0.1) is 0 Å². The molecule has 7 nitrogen and oxygen atoms in total. The van der Waals surface area contributed by atoms with Gasteiger partial charge in [0.25, 0.3) is 5.91 Å². The number of rotatable bonds is 8. The van der Waals surface area contributed by atoms with Gasteiger partial charge in [0.05, 0.1) is 13.7 Å². The summed E-state index contributed by atoms with van der Waals surface area (Å²) in [5.41, 5.74) is 1.57. The normalized spacial score (nSPS) is 11.0. The number of hydrogen-bond donors (Lipinski definition) is 3. The number of ether oxygens (including phenoxy) is 2. The lowest BCUT2D eigenvalue weighted by Gasteiger charge is -2.15. The Balaban J connectivity index is 1.84. The highest BCUT2D eigenvalue weighted by Crippen LogP contribution is 2.30. The van der Waals surface area contributed by atoms with E-state index in [9.17, 15) is 9.18 Å². The fourth-order valence-electron chi connectivity index (χ4n) is 2.53. The van der Waals surface area contributed by atoms with Gasteiger partial charge in [0.1, 0.15) is 5.82 Å². The molecule has 0 spiro atoms. The van der Waals surface area contributed by atoms with Crippen LogP contribution in [0.5, 0.6) is 11.5 Å². The van der Waals surface area contributed by atoms with Gasteiger partial charge in [-0.05, 0) is 43.7 Å². The molecule has 0 aliphatic rings. The second-order valence-corrected chi connectivity index (χ2v) is 6.14. The van der Waals surface area contributed by atoms with Gasteiger partial charge in [-0.3, -0.25) is 9.79 Å². The molecule has 0 heterocycles. The molecule has 29 heavy (non-hydrogen) atoms. The molecule has 0 radical (unpaired) electrons. The van der Waals surface area contributed by atoms with Crippen molar-refractivity contribution in [1.82, 2.24) is 10.6 Å². The highest BCUT2D eigenvalue weighted by Gasteiger charge is 2.09. The molecule has 2 aromatic rings. The maximum atomic E-state index is 13.6. The van der Waals surface area contributed by atoms with Crippen LogP contribution in [0.1, 0.15) is 22.8 Å². The standard InChI is InChI=1S/C21H27FN4O3/c1-5-29-18-9-8-16(13-19(18)28-4)26-21(23-3)25-11-10-24-20(27)15-7-6-14(2)17(22)12-15/h6-9,12-13H,5,10-11H2,1-4H3,(H,24,27)(H2,23,25,26). The van der Waals surface area contributed by atoms with Gasteiger partial charge in [0.15, 0.2) is 17.5 Å². The molecule has 2 rings (SSSR count). The molecular weight excluding hydrogens is 375 g/mol. The zero-order chi connectivity index (χ0) is 21.2. The number of carbonyl (C=O) groups is 1. The van der Waals surface area contributed by atoms with E-state index >= 15 is 0 Å². The lowest BCUT2D eigenvalue weighted by Crippen LogP contribution is -2.37. The van der Waals surface area contributed by atoms with Gasteiger partial charge in [-0.25, -0.2) is 4.39 Å². The number of hydrogen-bond acceptors (Lipinski definition) is 4. The van der Waals surface area contributed by atoms with E-state index in [1.54, 1.807) is 33.2 Å². The van der Waals surface area contributed by atoms with Crippen molar-refractivity contribution < 1.29 is 18.7 Å². The van der Waals surface area contributed by atoms with Crippen molar-refractivity contribution >= 4 is 17.6 Å². The molecule has 0 atom stereocenters. The first-order valence-electron chi connectivity index (χ1n) is 9.31. The number of amides is 1. The zero-order valence-electron chi connectivity index (χ0n) is 17.1. The average molecular weight is 402 g/mol. The van der Waals surface area contributed by atoms with E-state index in [0.29, 0.717) is 42.7 Å². The molecule has 0 fully saturated rings. The number of nitrogens with one attached hydrogen (secondary N) is 3. The van der Waals surface area contributed by atoms with E-state index in [-0.39, 0.29) is 11.5 Å². The van der Waals surface area contributed by atoms with Crippen molar-refractivity contribution in [2.75, 3.05) is 39.2 Å². The highest BCUT2D eigenvalue weighted by atomic mass is 19.1. The van der Waals surface area contributed by atoms with Crippen LogP contribution in [0, 0.1) is 12.7 Å². The average Bonchev–Trinajstić information content (AvgIpc) is 2.73. The number of anilines is 1. The fourth-order valence-corrected chi connectivity index (χ4v) is 2.53. The second kappa shape index (κ2) is 10.9. The third kappa shape index (κ3) is 6.38. The number of halogens is 1. The summed E-state index contributed by atoms with van der Waals surface area (Å²) in [6, 6.07) is 9.90. The summed E-state index contributed by atoms with van der Waals surface area (Å²) >= 11 is 0.